The van der Waals surface area contributed by atoms with Crippen LogP contribution in [0, 0.1) is 13.8 Å². The number of anilines is 1. The summed E-state index contributed by atoms with van der Waals surface area (Å²) >= 11 is 0. The Morgan fingerprint density at radius 2 is 1.67 bits per heavy atom. The van der Waals surface area contributed by atoms with Gasteiger partial charge in [0.25, 0.3) is 0 Å². The van der Waals surface area contributed by atoms with Gasteiger partial charge < -0.3 is 15.1 Å². The third-order valence-corrected chi connectivity index (χ3v) is 3.37. The number of aromatic hydroxyl groups is 2. The zero-order valence-corrected chi connectivity index (χ0v) is 9.63. The van der Waals surface area contributed by atoms with Crippen molar-refractivity contribution in [3.8, 4) is 11.5 Å². The van der Waals surface area contributed by atoms with E-state index < -0.39 is 0 Å². The Morgan fingerprint density at radius 1 is 1.13 bits per heavy atom. The van der Waals surface area contributed by atoms with Gasteiger partial charge in [-0.25, -0.2) is 0 Å². The molecule has 3 heteroatoms. The van der Waals surface area contributed by atoms with E-state index in [-0.39, 0.29) is 11.5 Å². The molecule has 1 aromatic rings. The number of fused-ring (bicyclic) bond motifs is 1. The first-order valence-electron chi connectivity index (χ1n) is 5.21. The van der Waals surface area contributed by atoms with Gasteiger partial charge in [-0.2, -0.15) is 0 Å². The van der Waals surface area contributed by atoms with Crippen LogP contribution in [0.2, 0.25) is 0 Å². The van der Waals surface area contributed by atoms with Gasteiger partial charge in [0.2, 0.25) is 0 Å². The van der Waals surface area contributed by atoms with Gasteiger partial charge in [-0.1, -0.05) is 6.92 Å². The van der Waals surface area contributed by atoms with Crippen molar-refractivity contribution in [2.24, 2.45) is 0 Å². The summed E-state index contributed by atoms with van der Waals surface area (Å²) in [7, 11) is 2.02. The minimum absolute atomic E-state index is 0.0206. The zero-order chi connectivity index (χ0) is 11.3. The number of phenols is 2. The fourth-order valence-electron chi connectivity index (χ4n) is 2.66. The number of nitrogens with zero attached hydrogens (tertiary/aromatic N) is 1. The molecule has 3 nitrogen and oxygen atoms in total. The van der Waals surface area contributed by atoms with Crippen LogP contribution in [0.15, 0.2) is 0 Å². The van der Waals surface area contributed by atoms with Crippen LogP contribution in [0.25, 0.3) is 0 Å². The lowest BCUT2D eigenvalue weighted by atomic mass is 9.94. The monoisotopic (exact) mass is 207 g/mol. The molecule has 1 atom stereocenters. The average molecular weight is 207 g/mol. The van der Waals surface area contributed by atoms with Crippen molar-refractivity contribution < 1.29 is 10.2 Å². The van der Waals surface area contributed by atoms with E-state index in [1.165, 1.54) is 5.56 Å². The maximum Gasteiger partial charge on any atom is 0.162 e. The Hall–Kier alpha value is -1.38. The van der Waals surface area contributed by atoms with Crippen LogP contribution in [0.3, 0.4) is 0 Å². The third-order valence-electron chi connectivity index (χ3n) is 3.37. The molecule has 0 bridgehead atoms. The molecule has 0 saturated heterocycles. The molecule has 1 aliphatic rings. The molecule has 1 unspecified atom stereocenters. The number of benzene rings is 1. The summed E-state index contributed by atoms with van der Waals surface area (Å²) in [6.07, 6.45) is 0. The van der Waals surface area contributed by atoms with E-state index in [4.69, 9.17) is 0 Å². The highest BCUT2D eigenvalue weighted by atomic mass is 16.3. The summed E-state index contributed by atoms with van der Waals surface area (Å²) in [6, 6.07) is 0. The van der Waals surface area contributed by atoms with E-state index in [1.54, 1.807) is 0 Å². The maximum absolute atomic E-state index is 9.79. The van der Waals surface area contributed by atoms with Crippen LogP contribution in [0.1, 0.15) is 29.5 Å². The molecule has 0 spiro atoms. The Kier molecular flexibility index (Phi) is 2.07. The van der Waals surface area contributed by atoms with Gasteiger partial charge in [-0.3, -0.25) is 0 Å². The Bertz CT molecular complexity index is 387. The number of phenolic OH excluding ortho intramolecular Hbond substituents is 2. The van der Waals surface area contributed by atoms with Crippen molar-refractivity contribution in [2.75, 3.05) is 18.5 Å². The number of likely N-dealkylation sites (N-methyl/N-ethyl adjacent to an activating group) is 1. The molecular formula is C12H17NO2. The summed E-state index contributed by atoms with van der Waals surface area (Å²) in [5.74, 6) is 0.468. The van der Waals surface area contributed by atoms with Crippen LogP contribution in [0.4, 0.5) is 5.69 Å². The fourth-order valence-corrected chi connectivity index (χ4v) is 2.66. The highest BCUT2D eigenvalue weighted by Gasteiger charge is 2.30. The fraction of sp³-hybridized carbons (Fsp3) is 0.500. The molecule has 15 heavy (non-hydrogen) atoms. The molecule has 0 fully saturated rings. The molecule has 0 saturated carbocycles. The molecule has 1 heterocycles. The standard InChI is InChI=1S/C12H17NO2/c1-6-5-13(4)10-8(3)12(15)11(14)7(2)9(6)10/h6,14-15H,5H2,1-4H3. The molecule has 0 aliphatic carbocycles. The minimum atomic E-state index is 0.0206. The first-order chi connectivity index (χ1) is 6.95. The largest absolute Gasteiger partial charge is 0.504 e. The second kappa shape index (κ2) is 3.05. The molecule has 0 amide bonds. The summed E-state index contributed by atoms with van der Waals surface area (Å²) < 4.78 is 0. The van der Waals surface area contributed by atoms with Gasteiger partial charge in [0.05, 0.1) is 0 Å². The van der Waals surface area contributed by atoms with Crippen LogP contribution >= 0.6 is 0 Å². The number of rotatable bonds is 0. The second-order valence-corrected chi connectivity index (χ2v) is 4.49. The van der Waals surface area contributed by atoms with E-state index in [1.807, 2.05) is 20.9 Å². The third kappa shape index (κ3) is 1.19. The molecular weight excluding hydrogens is 190 g/mol. The van der Waals surface area contributed by atoms with E-state index in [2.05, 4.69) is 11.8 Å². The van der Waals surface area contributed by atoms with Crippen molar-refractivity contribution in [1.82, 2.24) is 0 Å². The lowest BCUT2D eigenvalue weighted by molar-refractivity contribution is 0.398. The topological polar surface area (TPSA) is 43.7 Å². The summed E-state index contributed by atoms with van der Waals surface area (Å²) in [5, 5.41) is 19.6. The SMILES string of the molecule is Cc1c(O)c(O)c(C)c2c1C(C)CN2C. The lowest BCUT2D eigenvalue weighted by Crippen LogP contribution is -2.14. The molecule has 0 radical (unpaired) electrons. The first-order valence-corrected chi connectivity index (χ1v) is 5.21. The normalized spacial score (nSPS) is 19.5. The number of hydrogen-bond acceptors (Lipinski definition) is 3. The van der Waals surface area contributed by atoms with E-state index >= 15 is 0 Å². The Balaban J connectivity index is 2.80. The highest BCUT2D eigenvalue weighted by molar-refractivity contribution is 5.74. The molecule has 0 aromatic heterocycles. The average Bonchev–Trinajstić information content (AvgIpc) is 2.47. The summed E-state index contributed by atoms with van der Waals surface area (Å²) in [5.41, 5.74) is 3.84. The van der Waals surface area contributed by atoms with Crippen molar-refractivity contribution in [2.45, 2.75) is 26.7 Å². The highest BCUT2D eigenvalue weighted by Crippen LogP contribution is 2.48. The first kappa shape index (κ1) is 10.1. The van der Waals surface area contributed by atoms with Crippen molar-refractivity contribution in [3.05, 3.63) is 16.7 Å². The quantitative estimate of drug-likeness (QED) is 0.641. The number of hydrogen-bond donors (Lipinski definition) is 2. The minimum Gasteiger partial charge on any atom is -0.504 e. The molecule has 1 aliphatic heterocycles. The molecule has 82 valence electrons. The van der Waals surface area contributed by atoms with Crippen molar-refractivity contribution >= 4 is 5.69 Å². The van der Waals surface area contributed by atoms with Gasteiger partial charge in [0, 0.05) is 36.3 Å². The Labute approximate surface area is 90.0 Å². The Morgan fingerprint density at radius 3 is 2.27 bits per heavy atom. The molecule has 1 aromatic carbocycles. The predicted molar refractivity (Wildman–Crippen MR) is 60.9 cm³/mol. The summed E-state index contributed by atoms with van der Waals surface area (Å²) in [6.45, 7) is 6.80. The lowest BCUT2D eigenvalue weighted by Gasteiger charge is -2.18. The van der Waals surface area contributed by atoms with E-state index in [0.29, 0.717) is 5.92 Å². The van der Waals surface area contributed by atoms with Gasteiger partial charge in [0.15, 0.2) is 11.5 Å². The van der Waals surface area contributed by atoms with E-state index in [9.17, 15) is 10.2 Å². The molecule has 2 N–H and O–H groups in total. The zero-order valence-electron chi connectivity index (χ0n) is 9.63. The smallest absolute Gasteiger partial charge is 0.162 e. The van der Waals surface area contributed by atoms with Crippen LogP contribution in [-0.2, 0) is 0 Å². The summed E-state index contributed by atoms with van der Waals surface area (Å²) in [4.78, 5) is 2.14. The van der Waals surface area contributed by atoms with Gasteiger partial charge in [-0.15, -0.1) is 0 Å². The maximum atomic E-state index is 9.79. The van der Waals surface area contributed by atoms with Gasteiger partial charge >= 0.3 is 0 Å². The van der Waals surface area contributed by atoms with Gasteiger partial charge in [-0.05, 0) is 19.4 Å². The van der Waals surface area contributed by atoms with Gasteiger partial charge in [0.1, 0.15) is 0 Å². The van der Waals surface area contributed by atoms with Crippen LogP contribution < -0.4 is 4.90 Å². The van der Waals surface area contributed by atoms with E-state index in [0.717, 1.165) is 23.4 Å². The van der Waals surface area contributed by atoms with Crippen molar-refractivity contribution in [3.63, 3.8) is 0 Å². The van der Waals surface area contributed by atoms with Crippen LogP contribution in [-0.4, -0.2) is 23.8 Å². The molecule has 2 rings (SSSR count). The van der Waals surface area contributed by atoms with Crippen LogP contribution in [0.5, 0.6) is 11.5 Å². The predicted octanol–water partition coefficient (Wildman–Crippen LogP) is 2.27. The second-order valence-electron chi connectivity index (χ2n) is 4.49. The van der Waals surface area contributed by atoms with Crippen molar-refractivity contribution in [1.29, 1.82) is 0 Å².